The van der Waals surface area contributed by atoms with Gasteiger partial charge in [-0.2, -0.15) is 5.10 Å². The van der Waals surface area contributed by atoms with Crippen LogP contribution in [0.5, 0.6) is 5.88 Å². The number of nitrogens with one attached hydrogen (secondary N) is 1. The van der Waals surface area contributed by atoms with Gasteiger partial charge in [0.1, 0.15) is 5.69 Å². The van der Waals surface area contributed by atoms with E-state index in [2.05, 4.69) is 15.4 Å². The minimum atomic E-state index is -0.292. The molecule has 7 nitrogen and oxygen atoms in total. The molecule has 1 atom stereocenters. The van der Waals surface area contributed by atoms with E-state index in [0.29, 0.717) is 31.0 Å². The number of pyridine rings is 1. The lowest BCUT2D eigenvalue weighted by molar-refractivity contribution is 0.0234. The molecule has 0 saturated heterocycles. The number of nitrogens with zero attached hydrogens (tertiary/aromatic N) is 3. The summed E-state index contributed by atoms with van der Waals surface area (Å²) in [4.78, 5) is 16.7. The number of hydrogen-bond donors (Lipinski definition) is 2. The number of amides is 1. The van der Waals surface area contributed by atoms with Crippen molar-refractivity contribution in [3.63, 3.8) is 0 Å². The van der Waals surface area contributed by atoms with Gasteiger partial charge in [0, 0.05) is 25.0 Å². The average Bonchev–Trinajstić information content (AvgIpc) is 3.06. The predicted octanol–water partition coefficient (Wildman–Crippen LogP) is 1.55. The number of rotatable bonds is 6. The molecule has 0 aromatic carbocycles. The highest BCUT2D eigenvalue weighted by Crippen LogP contribution is 2.38. The van der Waals surface area contributed by atoms with Crippen molar-refractivity contribution < 1.29 is 14.6 Å². The quantitative estimate of drug-likeness (QED) is 0.839. The topological polar surface area (TPSA) is 89.3 Å². The Morgan fingerprint density at radius 2 is 2.25 bits per heavy atom. The molecule has 0 bridgehead atoms. The van der Waals surface area contributed by atoms with Crippen molar-refractivity contribution in [2.75, 3.05) is 7.11 Å². The highest BCUT2D eigenvalue weighted by atomic mass is 16.5. The molecule has 7 heteroatoms. The van der Waals surface area contributed by atoms with Gasteiger partial charge in [0.25, 0.3) is 5.91 Å². The number of aryl methyl sites for hydroxylation is 1. The molecule has 0 unspecified atom stereocenters. The predicted molar refractivity (Wildman–Crippen MR) is 87.6 cm³/mol. The Labute approximate surface area is 140 Å². The second-order valence-electron chi connectivity index (χ2n) is 6.03. The van der Waals surface area contributed by atoms with Gasteiger partial charge in [0.2, 0.25) is 5.88 Å². The van der Waals surface area contributed by atoms with E-state index < -0.39 is 0 Å². The van der Waals surface area contributed by atoms with Crippen LogP contribution in [-0.4, -0.2) is 39.0 Å². The molecule has 2 N–H and O–H groups in total. The van der Waals surface area contributed by atoms with E-state index in [9.17, 15) is 9.90 Å². The summed E-state index contributed by atoms with van der Waals surface area (Å²) in [5.41, 5.74) is 1.29. The number of aromatic nitrogens is 3. The van der Waals surface area contributed by atoms with Crippen LogP contribution in [-0.2, 0) is 6.54 Å². The second-order valence-corrected chi connectivity index (χ2v) is 6.03. The number of methoxy groups -OCH3 is 1. The summed E-state index contributed by atoms with van der Waals surface area (Å²) >= 11 is 0. The first-order valence-corrected chi connectivity index (χ1v) is 8.13. The van der Waals surface area contributed by atoms with Crippen molar-refractivity contribution in [3.8, 4) is 5.88 Å². The van der Waals surface area contributed by atoms with Gasteiger partial charge in [-0.3, -0.25) is 9.48 Å². The molecule has 24 heavy (non-hydrogen) atoms. The van der Waals surface area contributed by atoms with Gasteiger partial charge < -0.3 is 15.2 Å². The number of ether oxygens (including phenoxy) is 1. The Bertz CT molecular complexity index is 692. The lowest BCUT2D eigenvalue weighted by Crippen LogP contribution is -2.41. The number of carbonyl (C=O) groups is 1. The summed E-state index contributed by atoms with van der Waals surface area (Å²) in [6.07, 6.45) is 4.53. The smallest absolute Gasteiger partial charge is 0.272 e. The molecule has 2 aromatic heterocycles. The number of carbonyl (C=O) groups excluding carboxylic acids is 1. The van der Waals surface area contributed by atoms with E-state index in [1.165, 1.54) is 0 Å². The van der Waals surface area contributed by atoms with Crippen molar-refractivity contribution >= 4 is 5.91 Å². The van der Waals surface area contributed by atoms with Crippen molar-refractivity contribution in [2.45, 2.75) is 38.5 Å². The molecular weight excluding hydrogens is 308 g/mol. The standard InChI is InChI=1S/C17H22N4O3/c1-3-21-7-6-14(20-21)17(23)19-16(12-8-13(22)9-12)11-4-5-15(24-2)18-10-11/h4-7,10,12-13,16,22H,3,8-9H2,1-2H3,(H,19,23)/t12?,13?,16-/m1/s1. The van der Waals surface area contributed by atoms with Crippen LogP contribution in [0.15, 0.2) is 30.6 Å². The van der Waals surface area contributed by atoms with E-state index >= 15 is 0 Å². The zero-order chi connectivity index (χ0) is 17.1. The summed E-state index contributed by atoms with van der Waals surface area (Å²) < 4.78 is 6.80. The van der Waals surface area contributed by atoms with Gasteiger partial charge >= 0.3 is 0 Å². The average molecular weight is 330 g/mol. The van der Waals surface area contributed by atoms with Crippen LogP contribution in [0.1, 0.15) is 41.9 Å². The largest absolute Gasteiger partial charge is 0.481 e. The van der Waals surface area contributed by atoms with E-state index in [1.807, 2.05) is 13.0 Å². The fourth-order valence-corrected chi connectivity index (χ4v) is 2.95. The number of aliphatic hydroxyl groups excluding tert-OH is 1. The Morgan fingerprint density at radius 1 is 1.46 bits per heavy atom. The van der Waals surface area contributed by atoms with E-state index in [-0.39, 0.29) is 24.0 Å². The van der Waals surface area contributed by atoms with Crippen molar-refractivity contribution in [3.05, 3.63) is 41.9 Å². The lowest BCUT2D eigenvalue weighted by atomic mass is 9.75. The molecular formula is C17H22N4O3. The van der Waals surface area contributed by atoms with Gasteiger partial charge in [0.05, 0.1) is 19.3 Å². The molecule has 1 aliphatic rings. The molecule has 0 aliphatic heterocycles. The third-order valence-corrected chi connectivity index (χ3v) is 4.43. The second kappa shape index (κ2) is 7.00. The zero-order valence-electron chi connectivity index (χ0n) is 13.8. The minimum absolute atomic E-state index is 0.187. The molecule has 2 heterocycles. The summed E-state index contributed by atoms with van der Waals surface area (Å²) in [5, 5.41) is 16.9. The van der Waals surface area contributed by atoms with Crippen molar-refractivity contribution in [1.29, 1.82) is 0 Å². The molecule has 1 saturated carbocycles. The van der Waals surface area contributed by atoms with Crippen LogP contribution in [0.2, 0.25) is 0 Å². The first-order valence-electron chi connectivity index (χ1n) is 8.13. The van der Waals surface area contributed by atoms with Gasteiger partial charge in [-0.25, -0.2) is 4.98 Å². The molecule has 2 aromatic rings. The highest BCUT2D eigenvalue weighted by Gasteiger charge is 2.36. The van der Waals surface area contributed by atoms with Gasteiger partial charge in [0.15, 0.2) is 0 Å². The maximum atomic E-state index is 12.5. The first-order chi connectivity index (χ1) is 11.6. The zero-order valence-corrected chi connectivity index (χ0v) is 13.8. The third kappa shape index (κ3) is 3.41. The fraction of sp³-hybridized carbons (Fsp3) is 0.471. The number of hydrogen-bond acceptors (Lipinski definition) is 5. The molecule has 1 amide bonds. The van der Waals surface area contributed by atoms with E-state index in [1.54, 1.807) is 36.3 Å². The van der Waals surface area contributed by atoms with Crippen molar-refractivity contribution in [2.24, 2.45) is 5.92 Å². The van der Waals surface area contributed by atoms with Gasteiger partial charge in [-0.05, 0) is 37.3 Å². The van der Waals surface area contributed by atoms with Crippen LogP contribution in [0, 0.1) is 5.92 Å². The lowest BCUT2D eigenvalue weighted by Gasteiger charge is -2.38. The molecule has 1 fully saturated rings. The molecule has 3 rings (SSSR count). The summed E-state index contributed by atoms with van der Waals surface area (Å²) in [5.74, 6) is 0.496. The first kappa shape index (κ1) is 16.4. The SMILES string of the molecule is CCn1ccc(C(=O)N[C@H](c2ccc(OC)nc2)C2CC(O)C2)n1. The minimum Gasteiger partial charge on any atom is -0.481 e. The molecule has 128 valence electrons. The van der Waals surface area contributed by atoms with E-state index in [0.717, 1.165) is 5.56 Å². The van der Waals surface area contributed by atoms with Gasteiger partial charge in [-0.15, -0.1) is 0 Å². The number of aliphatic hydroxyl groups is 1. The normalized spacial score (nSPS) is 21.0. The van der Waals surface area contributed by atoms with E-state index in [4.69, 9.17) is 4.74 Å². The van der Waals surface area contributed by atoms with Crippen LogP contribution >= 0.6 is 0 Å². The Kier molecular flexibility index (Phi) is 4.80. The highest BCUT2D eigenvalue weighted by molar-refractivity contribution is 5.92. The molecule has 0 radical (unpaired) electrons. The fourth-order valence-electron chi connectivity index (χ4n) is 2.95. The van der Waals surface area contributed by atoms with Crippen LogP contribution in [0.4, 0.5) is 0 Å². The van der Waals surface area contributed by atoms with Crippen LogP contribution < -0.4 is 10.1 Å². The van der Waals surface area contributed by atoms with Crippen LogP contribution in [0.3, 0.4) is 0 Å². The summed E-state index contributed by atoms with van der Waals surface area (Å²) in [7, 11) is 1.56. The monoisotopic (exact) mass is 330 g/mol. The summed E-state index contributed by atoms with van der Waals surface area (Å²) in [6.45, 7) is 2.68. The van der Waals surface area contributed by atoms with Crippen LogP contribution in [0.25, 0.3) is 0 Å². The molecule has 1 aliphatic carbocycles. The molecule has 0 spiro atoms. The van der Waals surface area contributed by atoms with Crippen molar-refractivity contribution in [1.82, 2.24) is 20.1 Å². The Balaban J connectivity index is 1.77. The Hall–Kier alpha value is -2.41. The maximum Gasteiger partial charge on any atom is 0.272 e. The van der Waals surface area contributed by atoms with Gasteiger partial charge in [-0.1, -0.05) is 6.07 Å². The third-order valence-electron chi connectivity index (χ3n) is 4.43. The summed E-state index contributed by atoms with van der Waals surface area (Å²) in [6, 6.07) is 5.17. The maximum absolute atomic E-state index is 12.5. The Morgan fingerprint density at radius 3 is 2.79 bits per heavy atom.